The summed E-state index contributed by atoms with van der Waals surface area (Å²) >= 11 is 0. The van der Waals surface area contributed by atoms with E-state index in [2.05, 4.69) is 17.2 Å². The summed E-state index contributed by atoms with van der Waals surface area (Å²) in [6, 6.07) is 3.49. The fraction of sp³-hybridized carbons (Fsp3) is 0.357. The quantitative estimate of drug-likeness (QED) is 0.814. The lowest BCUT2D eigenvalue weighted by atomic mass is 10.2. The Morgan fingerprint density at radius 3 is 2.95 bits per heavy atom. The summed E-state index contributed by atoms with van der Waals surface area (Å²) in [5.41, 5.74) is 1.28. The third kappa shape index (κ3) is 3.61. The Bertz CT molecular complexity index is 537. The Kier molecular flexibility index (Phi) is 4.63. The lowest BCUT2D eigenvalue weighted by Crippen LogP contribution is -2.17. The molecule has 1 N–H and O–H groups in total. The van der Waals surface area contributed by atoms with Gasteiger partial charge in [0.05, 0.1) is 18.6 Å². The highest BCUT2D eigenvalue weighted by atomic mass is 19.1. The number of halogens is 2. The molecule has 0 unspecified atom stereocenters. The zero-order valence-electron chi connectivity index (χ0n) is 10.9. The molecular formula is C14H17F2N3. The predicted octanol–water partition coefficient (Wildman–Crippen LogP) is 2.71. The molecule has 1 heterocycles. The molecule has 0 saturated carbocycles. The van der Waals surface area contributed by atoms with Crippen LogP contribution in [0.4, 0.5) is 8.78 Å². The van der Waals surface area contributed by atoms with Crippen molar-refractivity contribution in [2.24, 2.45) is 0 Å². The zero-order valence-corrected chi connectivity index (χ0v) is 10.9. The predicted molar refractivity (Wildman–Crippen MR) is 69.7 cm³/mol. The normalized spacial score (nSPS) is 10.9. The number of rotatable bonds is 6. The molecule has 0 saturated heterocycles. The molecule has 0 aliphatic rings. The Morgan fingerprint density at radius 2 is 2.16 bits per heavy atom. The summed E-state index contributed by atoms with van der Waals surface area (Å²) < 4.78 is 28.5. The molecule has 0 radical (unpaired) electrons. The van der Waals surface area contributed by atoms with Gasteiger partial charge in [-0.2, -0.15) is 0 Å². The molecule has 2 rings (SSSR count). The molecule has 0 bridgehead atoms. The molecule has 0 aliphatic heterocycles. The van der Waals surface area contributed by atoms with Gasteiger partial charge in [-0.15, -0.1) is 0 Å². The molecule has 1 aromatic heterocycles. The fourth-order valence-electron chi connectivity index (χ4n) is 1.88. The molecule has 3 nitrogen and oxygen atoms in total. The molecular weight excluding hydrogens is 248 g/mol. The summed E-state index contributed by atoms with van der Waals surface area (Å²) in [6.07, 6.45) is 4.42. The first-order chi connectivity index (χ1) is 9.20. The van der Waals surface area contributed by atoms with E-state index in [9.17, 15) is 8.78 Å². The fourth-order valence-corrected chi connectivity index (χ4v) is 1.88. The summed E-state index contributed by atoms with van der Waals surface area (Å²) in [5.74, 6) is -0.829. The standard InChI is InChI=1S/C14H17F2N3/c1-2-5-17-7-13-8-18-10-19(13)9-11-6-12(15)3-4-14(11)16/h3-4,6,8,10,17H,2,5,7,9H2,1H3. The number of benzene rings is 1. The van der Waals surface area contributed by atoms with Crippen molar-refractivity contribution in [3.8, 4) is 0 Å². The number of nitrogens with one attached hydrogen (secondary N) is 1. The highest BCUT2D eigenvalue weighted by molar-refractivity contribution is 5.19. The van der Waals surface area contributed by atoms with Crippen LogP contribution in [-0.2, 0) is 13.1 Å². The third-order valence-electron chi connectivity index (χ3n) is 2.88. The van der Waals surface area contributed by atoms with E-state index in [-0.39, 0.29) is 6.54 Å². The van der Waals surface area contributed by atoms with Gasteiger partial charge in [-0.1, -0.05) is 6.92 Å². The van der Waals surface area contributed by atoms with E-state index in [1.807, 2.05) is 4.57 Å². The van der Waals surface area contributed by atoms with Crippen LogP contribution in [0.3, 0.4) is 0 Å². The molecule has 0 spiro atoms. The van der Waals surface area contributed by atoms with Crippen LogP contribution in [-0.4, -0.2) is 16.1 Å². The van der Waals surface area contributed by atoms with Gasteiger partial charge in [0.15, 0.2) is 0 Å². The maximum absolute atomic E-state index is 13.6. The van der Waals surface area contributed by atoms with Gasteiger partial charge in [0.25, 0.3) is 0 Å². The third-order valence-corrected chi connectivity index (χ3v) is 2.88. The largest absolute Gasteiger partial charge is 0.329 e. The monoisotopic (exact) mass is 265 g/mol. The minimum absolute atomic E-state index is 0.284. The SMILES string of the molecule is CCCNCc1cncn1Cc1cc(F)ccc1F. The summed E-state index contributed by atoms with van der Waals surface area (Å²) in [6.45, 7) is 3.96. The minimum Gasteiger partial charge on any atom is -0.329 e. The Balaban J connectivity index is 2.10. The molecule has 0 fully saturated rings. The second-order valence-electron chi connectivity index (χ2n) is 4.43. The lowest BCUT2D eigenvalue weighted by molar-refractivity contribution is 0.569. The molecule has 102 valence electrons. The van der Waals surface area contributed by atoms with Gasteiger partial charge in [0.1, 0.15) is 11.6 Å². The van der Waals surface area contributed by atoms with E-state index >= 15 is 0 Å². The van der Waals surface area contributed by atoms with Gasteiger partial charge in [-0.3, -0.25) is 0 Å². The molecule has 19 heavy (non-hydrogen) atoms. The number of hydrogen-bond acceptors (Lipinski definition) is 2. The Hall–Kier alpha value is -1.75. The number of nitrogens with zero attached hydrogens (tertiary/aromatic N) is 2. The summed E-state index contributed by atoms with van der Waals surface area (Å²) in [5, 5.41) is 3.26. The van der Waals surface area contributed by atoms with Gasteiger partial charge in [0, 0.05) is 18.3 Å². The van der Waals surface area contributed by atoms with Gasteiger partial charge in [-0.25, -0.2) is 13.8 Å². The first-order valence-corrected chi connectivity index (χ1v) is 6.34. The Labute approximate surface area is 111 Å². The van der Waals surface area contributed by atoms with Crippen molar-refractivity contribution in [2.75, 3.05) is 6.54 Å². The number of imidazole rings is 1. The van der Waals surface area contributed by atoms with E-state index in [1.54, 1.807) is 12.5 Å². The lowest BCUT2D eigenvalue weighted by Gasteiger charge is -2.10. The van der Waals surface area contributed by atoms with Gasteiger partial charge < -0.3 is 9.88 Å². The van der Waals surface area contributed by atoms with Crippen LogP contribution in [0.1, 0.15) is 24.6 Å². The Morgan fingerprint density at radius 1 is 1.32 bits per heavy atom. The molecule has 0 atom stereocenters. The molecule has 2 aromatic rings. The van der Waals surface area contributed by atoms with Crippen molar-refractivity contribution < 1.29 is 8.78 Å². The minimum atomic E-state index is -0.429. The van der Waals surface area contributed by atoms with E-state index in [0.29, 0.717) is 12.1 Å². The topological polar surface area (TPSA) is 29.9 Å². The first-order valence-electron chi connectivity index (χ1n) is 6.34. The van der Waals surface area contributed by atoms with Crippen LogP contribution in [0, 0.1) is 11.6 Å². The second kappa shape index (κ2) is 6.43. The molecule has 0 amide bonds. The van der Waals surface area contributed by atoms with Crippen LogP contribution in [0.25, 0.3) is 0 Å². The average Bonchev–Trinajstić information content (AvgIpc) is 2.82. The molecule has 1 aromatic carbocycles. The van der Waals surface area contributed by atoms with E-state index in [1.165, 1.54) is 6.07 Å². The van der Waals surface area contributed by atoms with Crippen molar-refractivity contribution in [2.45, 2.75) is 26.4 Å². The average molecular weight is 265 g/mol. The van der Waals surface area contributed by atoms with E-state index in [4.69, 9.17) is 0 Å². The summed E-state index contributed by atoms with van der Waals surface area (Å²) in [7, 11) is 0. The van der Waals surface area contributed by atoms with Gasteiger partial charge in [0.2, 0.25) is 0 Å². The maximum atomic E-state index is 13.6. The van der Waals surface area contributed by atoms with Crippen molar-refractivity contribution in [3.63, 3.8) is 0 Å². The highest BCUT2D eigenvalue weighted by Gasteiger charge is 2.07. The van der Waals surface area contributed by atoms with Crippen LogP contribution < -0.4 is 5.32 Å². The second-order valence-corrected chi connectivity index (χ2v) is 4.43. The van der Waals surface area contributed by atoms with Crippen molar-refractivity contribution >= 4 is 0 Å². The van der Waals surface area contributed by atoms with Crippen molar-refractivity contribution in [3.05, 3.63) is 53.6 Å². The van der Waals surface area contributed by atoms with E-state index < -0.39 is 11.6 Å². The number of aromatic nitrogens is 2. The van der Waals surface area contributed by atoms with Gasteiger partial charge in [-0.05, 0) is 31.2 Å². The van der Waals surface area contributed by atoms with Crippen LogP contribution >= 0.6 is 0 Å². The zero-order chi connectivity index (χ0) is 13.7. The maximum Gasteiger partial charge on any atom is 0.128 e. The number of hydrogen-bond donors (Lipinski definition) is 1. The van der Waals surface area contributed by atoms with Crippen molar-refractivity contribution in [1.82, 2.24) is 14.9 Å². The van der Waals surface area contributed by atoms with Crippen molar-refractivity contribution in [1.29, 1.82) is 0 Å². The van der Waals surface area contributed by atoms with Gasteiger partial charge >= 0.3 is 0 Å². The first kappa shape index (κ1) is 13.7. The highest BCUT2D eigenvalue weighted by Crippen LogP contribution is 2.12. The van der Waals surface area contributed by atoms with Crippen LogP contribution in [0.2, 0.25) is 0 Å². The smallest absolute Gasteiger partial charge is 0.128 e. The summed E-state index contributed by atoms with van der Waals surface area (Å²) in [4.78, 5) is 4.06. The van der Waals surface area contributed by atoms with E-state index in [0.717, 1.165) is 30.8 Å². The molecule has 0 aliphatic carbocycles. The van der Waals surface area contributed by atoms with Crippen LogP contribution in [0.5, 0.6) is 0 Å². The van der Waals surface area contributed by atoms with Crippen LogP contribution in [0.15, 0.2) is 30.7 Å². The molecule has 5 heteroatoms.